The van der Waals surface area contributed by atoms with E-state index >= 15 is 0 Å². The first kappa shape index (κ1) is 12.0. The van der Waals surface area contributed by atoms with Crippen molar-refractivity contribution in [1.82, 2.24) is 5.32 Å². The Morgan fingerprint density at radius 2 is 2.00 bits per heavy atom. The fraction of sp³-hybridized carbons (Fsp3) is 0.818. The lowest BCUT2D eigenvalue weighted by atomic mass is 10.1. The Bertz CT molecular complexity index is 261. The second-order valence-corrected chi connectivity index (χ2v) is 4.89. The molecule has 15 heavy (non-hydrogen) atoms. The Morgan fingerprint density at radius 1 is 1.40 bits per heavy atom. The molecule has 1 fully saturated rings. The van der Waals surface area contributed by atoms with Gasteiger partial charge >= 0.3 is 5.97 Å². The van der Waals surface area contributed by atoms with Crippen LogP contribution < -0.4 is 5.32 Å². The fourth-order valence-corrected chi connectivity index (χ4v) is 1.65. The Hall–Kier alpha value is -1.06. The molecule has 0 radical (unpaired) electrons. The van der Waals surface area contributed by atoms with Crippen LogP contribution in [0, 0.1) is 11.3 Å². The van der Waals surface area contributed by atoms with Crippen molar-refractivity contribution in [3.8, 4) is 0 Å². The summed E-state index contributed by atoms with van der Waals surface area (Å²) in [6, 6.07) is 0. The van der Waals surface area contributed by atoms with Gasteiger partial charge < -0.3 is 10.4 Å². The maximum absolute atomic E-state index is 11.5. The van der Waals surface area contributed by atoms with Crippen molar-refractivity contribution < 1.29 is 14.7 Å². The van der Waals surface area contributed by atoms with Crippen molar-refractivity contribution >= 4 is 11.9 Å². The molecule has 0 aliphatic heterocycles. The molecule has 1 rings (SSSR count). The van der Waals surface area contributed by atoms with Crippen molar-refractivity contribution in [2.24, 2.45) is 11.3 Å². The van der Waals surface area contributed by atoms with Gasteiger partial charge in [0.15, 0.2) is 0 Å². The van der Waals surface area contributed by atoms with E-state index in [-0.39, 0.29) is 23.7 Å². The van der Waals surface area contributed by atoms with Crippen molar-refractivity contribution in [3.05, 3.63) is 0 Å². The van der Waals surface area contributed by atoms with Gasteiger partial charge in [0.25, 0.3) is 0 Å². The van der Waals surface area contributed by atoms with Crippen molar-refractivity contribution in [2.45, 2.75) is 39.5 Å². The molecule has 1 aliphatic carbocycles. The molecule has 2 N–H and O–H groups in total. The number of hydrogen-bond acceptors (Lipinski definition) is 2. The lowest BCUT2D eigenvalue weighted by Crippen LogP contribution is -2.27. The second-order valence-electron chi connectivity index (χ2n) is 4.89. The molecule has 0 aromatic rings. The monoisotopic (exact) mass is 213 g/mol. The van der Waals surface area contributed by atoms with Crippen molar-refractivity contribution in [2.75, 3.05) is 6.54 Å². The van der Waals surface area contributed by atoms with Gasteiger partial charge in [-0.3, -0.25) is 9.59 Å². The summed E-state index contributed by atoms with van der Waals surface area (Å²) in [6.45, 7) is 4.77. The zero-order valence-corrected chi connectivity index (χ0v) is 9.38. The topological polar surface area (TPSA) is 66.4 Å². The summed E-state index contributed by atoms with van der Waals surface area (Å²) in [5, 5.41) is 11.2. The van der Waals surface area contributed by atoms with E-state index in [2.05, 4.69) is 19.2 Å². The zero-order valence-electron chi connectivity index (χ0n) is 9.38. The summed E-state index contributed by atoms with van der Waals surface area (Å²) in [7, 11) is 0. The molecule has 4 nitrogen and oxygen atoms in total. The zero-order chi connectivity index (χ0) is 11.5. The molecule has 0 heterocycles. The van der Waals surface area contributed by atoms with Gasteiger partial charge in [0.2, 0.25) is 5.91 Å². The van der Waals surface area contributed by atoms with Crippen molar-refractivity contribution in [3.63, 3.8) is 0 Å². The molecular weight excluding hydrogens is 194 g/mol. The van der Waals surface area contributed by atoms with E-state index in [1.165, 1.54) is 0 Å². The lowest BCUT2D eigenvalue weighted by molar-refractivity contribution is -0.137. The van der Waals surface area contributed by atoms with E-state index in [0.717, 1.165) is 12.8 Å². The van der Waals surface area contributed by atoms with Crippen LogP contribution in [0.15, 0.2) is 0 Å². The van der Waals surface area contributed by atoms with E-state index in [0.29, 0.717) is 13.0 Å². The molecule has 1 saturated carbocycles. The van der Waals surface area contributed by atoms with Gasteiger partial charge in [-0.05, 0) is 24.7 Å². The number of carbonyl (C=O) groups excluding carboxylic acids is 1. The maximum Gasteiger partial charge on any atom is 0.303 e. The molecule has 0 aromatic carbocycles. The highest BCUT2D eigenvalue weighted by Crippen LogP contribution is 2.51. The molecule has 4 heteroatoms. The van der Waals surface area contributed by atoms with Gasteiger partial charge in [-0.25, -0.2) is 0 Å². The smallest absolute Gasteiger partial charge is 0.303 e. The third-order valence-electron chi connectivity index (χ3n) is 2.95. The largest absolute Gasteiger partial charge is 0.481 e. The van der Waals surface area contributed by atoms with Gasteiger partial charge in [-0.2, -0.15) is 0 Å². The molecule has 0 saturated heterocycles. The quantitative estimate of drug-likeness (QED) is 0.655. The second kappa shape index (κ2) is 4.64. The number of carboxylic acid groups (broad SMARTS) is 1. The Morgan fingerprint density at radius 3 is 2.47 bits per heavy atom. The van der Waals surface area contributed by atoms with E-state index < -0.39 is 5.97 Å². The molecule has 1 atom stereocenters. The van der Waals surface area contributed by atoms with E-state index in [4.69, 9.17) is 5.11 Å². The SMILES string of the molecule is CC1(C)CC1C(=O)NCCCCC(=O)O. The van der Waals surface area contributed by atoms with Crippen LogP contribution in [0.5, 0.6) is 0 Å². The predicted octanol–water partition coefficient (Wildman–Crippen LogP) is 1.40. The number of unbranched alkanes of at least 4 members (excludes halogenated alkanes) is 1. The molecule has 1 unspecified atom stereocenters. The minimum Gasteiger partial charge on any atom is -0.481 e. The number of carbonyl (C=O) groups is 2. The molecule has 0 aromatic heterocycles. The van der Waals surface area contributed by atoms with Gasteiger partial charge in [-0.15, -0.1) is 0 Å². The van der Waals surface area contributed by atoms with Crippen molar-refractivity contribution in [1.29, 1.82) is 0 Å². The standard InChI is InChI=1S/C11H19NO3/c1-11(2)7-8(11)10(15)12-6-4-3-5-9(13)14/h8H,3-7H2,1-2H3,(H,12,15)(H,13,14). The normalized spacial score (nSPS) is 22.1. The van der Waals surface area contributed by atoms with Crippen LogP contribution in [-0.2, 0) is 9.59 Å². The maximum atomic E-state index is 11.5. The van der Waals surface area contributed by atoms with Crippen LogP contribution in [0.2, 0.25) is 0 Å². The molecule has 0 bridgehead atoms. The number of hydrogen-bond donors (Lipinski definition) is 2. The van der Waals surface area contributed by atoms with Gasteiger partial charge in [-0.1, -0.05) is 13.8 Å². The molecule has 0 spiro atoms. The van der Waals surface area contributed by atoms with Gasteiger partial charge in [0.1, 0.15) is 0 Å². The molecular formula is C11H19NO3. The average molecular weight is 213 g/mol. The number of aliphatic carboxylic acids is 1. The summed E-state index contributed by atoms with van der Waals surface area (Å²) in [6.07, 6.45) is 2.52. The predicted molar refractivity (Wildman–Crippen MR) is 56.4 cm³/mol. The Labute approximate surface area is 90.0 Å². The van der Waals surface area contributed by atoms with Crippen LogP contribution in [0.25, 0.3) is 0 Å². The molecule has 86 valence electrons. The fourth-order valence-electron chi connectivity index (χ4n) is 1.65. The summed E-state index contributed by atoms with van der Waals surface area (Å²) in [5.74, 6) is -0.489. The number of rotatable bonds is 6. The summed E-state index contributed by atoms with van der Waals surface area (Å²) in [5.41, 5.74) is 0.172. The number of nitrogens with one attached hydrogen (secondary N) is 1. The highest BCUT2D eigenvalue weighted by Gasteiger charge is 2.50. The Balaban J connectivity index is 2.01. The lowest BCUT2D eigenvalue weighted by Gasteiger charge is -2.05. The third kappa shape index (κ3) is 3.90. The van der Waals surface area contributed by atoms with Crippen LogP contribution in [0.1, 0.15) is 39.5 Å². The van der Waals surface area contributed by atoms with Gasteiger partial charge in [0.05, 0.1) is 0 Å². The van der Waals surface area contributed by atoms with E-state index in [1.54, 1.807) is 0 Å². The minimum absolute atomic E-state index is 0.121. The minimum atomic E-state index is -0.773. The molecule has 1 amide bonds. The van der Waals surface area contributed by atoms with Crippen LogP contribution in [0.4, 0.5) is 0 Å². The summed E-state index contributed by atoms with van der Waals surface area (Å²) < 4.78 is 0. The summed E-state index contributed by atoms with van der Waals surface area (Å²) in [4.78, 5) is 21.7. The Kier molecular flexibility index (Phi) is 3.72. The third-order valence-corrected chi connectivity index (χ3v) is 2.95. The van der Waals surface area contributed by atoms with E-state index in [9.17, 15) is 9.59 Å². The van der Waals surface area contributed by atoms with Crippen LogP contribution in [0.3, 0.4) is 0 Å². The highest BCUT2D eigenvalue weighted by atomic mass is 16.4. The van der Waals surface area contributed by atoms with Gasteiger partial charge in [0, 0.05) is 18.9 Å². The first-order valence-electron chi connectivity index (χ1n) is 5.43. The van der Waals surface area contributed by atoms with E-state index in [1.807, 2.05) is 0 Å². The average Bonchev–Trinajstić information content (AvgIpc) is 2.74. The van der Waals surface area contributed by atoms with Crippen LogP contribution in [-0.4, -0.2) is 23.5 Å². The highest BCUT2D eigenvalue weighted by molar-refractivity contribution is 5.82. The first-order chi connectivity index (χ1) is 6.93. The number of amides is 1. The van der Waals surface area contributed by atoms with Crippen LogP contribution >= 0.6 is 0 Å². The molecule has 1 aliphatic rings. The number of carboxylic acids is 1. The first-order valence-corrected chi connectivity index (χ1v) is 5.43. The summed E-state index contributed by atoms with van der Waals surface area (Å²) >= 11 is 0.